The maximum atomic E-state index is 12.5. The molecule has 0 bridgehead atoms. The van der Waals surface area contributed by atoms with Crippen molar-refractivity contribution in [3.05, 3.63) is 23.4 Å². The third-order valence-electron chi connectivity index (χ3n) is 3.69. The molecule has 1 aromatic rings. The van der Waals surface area contributed by atoms with Crippen molar-refractivity contribution in [3.63, 3.8) is 0 Å². The fourth-order valence-electron chi connectivity index (χ4n) is 2.36. The lowest BCUT2D eigenvalue weighted by molar-refractivity contribution is 0.0889. The van der Waals surface area contributed by atoms with Crippen LogP contribution in [0, 0.1) is 0 Å². The van der Waals surface area contributed by atoms with Crippen LogP contribution >= 0.6 is 0 Å². The molecule has 1 aliphatic rings. The van der Waals surface area contributed by atoms with Gasteiger partial charge in [0.25, 0.3) is 5.91 Å². The average molecular weight is 291 g/mol. The highest BCUT2D eigenvalue weighted by atomic mass is 16.5. The van der Waals surface area contributed by atoms with E-state index in [4.69, 9.17) is 4.74 Å². The molecule has 116 valence electrons. The van der Waals surface area contributed by atoms with Crippen molar-refractivity contribution in [2.45, 2.75) is 45.6 Å². The van der Waals surface area contributed by atoms with Crippen molar-refractivity contribution in [2.24, 2.45) is 0 Å². The Balaban J connectivity index is 2.22. The molecule has 2 rings (SSSR count). The zero-order valence-electron chi connectivity index (χ0n) is 13.3. The van der Waals surface area contributed by atoms with Crippen molar-refractivity contribution < 1.29 is 9.53 Å². The van der Waals surface area contributed by atoms with Crippen molar-refractivity contribution in [3.8, 4) is 0 Å². The Morgan fingerprint density at radius 2 is 2.24 bits per heavy atom. The van der Waals surface area contributed by atoms with Crippen molar-refractivity contribution in [1.82, 2.24) is 10.3 Å². The third-order valence-corrected chi connectivity index (χ3v) is 3.69. The van der Waals surface area contributed by atoms with Gasteiger partial charge in [-0.25, -0.2) is 4.98 Å². The molecule has 0 aromatic carbocycles. The van der Waals surface area contributed by atoms with Crippen LogP contribution in [0.1, 0.15) is 56.1 Å². The minimum atomic E-state index is -0.267. The molecule has 1 unspecified atom stereocenters. The molecular formula is C16H25N3O2. The monoisotopic (exact) mass is 291 g/mol. The first-order chi connectivity index (χ1) is 9.93. The Morgan fingerprint density at radius 3 is 2.81 bits per heavy atom. The molecular weight excluding hydrogens is 266 g/mol. The quantitative estimate of drug-likeness (QED) is 0.875. The summed E-state index contributed by atoms with van der Waals surface area (Å²) in [5, 5.41) is 6.27. The minimum Gasteiger partial charge on any atom is -0.379 e. The number of hydrogen-bond acceptors (Lipinski definition) is 4. The largest absolute Gasteiger partial charge is 0.379 e. The summed E-state index contributed by atoms with van der Waals surface area (Å²) in [5.41, 5.74) is 1.31. The van der Waals surface area contributed by atoms with Gasteiger partial charge in [-0.1, -0.05) is 13.8 Å². The van der Waals surface area contributed by atoms with Gasteiger partial charge in [-0.15, -0.1) is 0 Å². The van der Waals surface area contributed by atoms with E-state index in [0.717, 1.165) is 24.5 Å². The first kappa shape index (κ1) is 15.8. The number of pyridine rings is 1. The summed E-state index contributed by atoms with van der Waals surface area (Å²) < 4.78 is 5.38. The average Bonchev–Trinajstić information content (AvgIpc) is 2.85. The van der Waals surface area contributed by atoms with Crippen LogP contribution in [0.4, 0.5) is 5.82 Å². The Labute approximate surface area is 126 Å². The summed E-state index contributed by atoms with van der Waals surface area (Å²) in [6, 6.07) is 3.68. The lowest BCUT2D eigenvalue weighted by atomic mass is 10.0. The summed E-state index contributed by atoms with van der Waals surface area (Å²) in [5.74, 6) is 0.966. The second-order valence-electron chi connectivity index (χ2n) is 6.17. The van der Waals surface area contributed by atoms with E-state index < -0.39 is 0 Å². The van der Waals surface area contributed by atoms with Gasteiger partial charge in [-0.3, -0.25) is 4.79 Å². The van der Waals surface area contributed by atoms with Gasteiger partial charge in [0.2, 0.25) is 0 Å². The van der Waals surface area contributed by atoms with Crippen LogP contribution in [-0.2, 0) is 4.74 Å². The first-order valence-corrected chi connectivity index (χ1v) is 7.59. The van der Waals surface area contributed by atoms with Crippen LogP contribution in [0.5, 0.6) is 0 Å². The highest BCUT2D eigenvalue weighted by Gasteiger charge is 2.31. The third kappa shape index (κ3) is 3.94. The number of rotatable bonds is 5. The van der Waals surface area contributed by atoms with Crippen LogP contribution in [0.15, 0.2) is 12.1 Å². The SMILES string of the molecule is CCNc1cc(C(=O)NC2(C)CCOC2)cc(C(C)C)n1. The molecule has 1 saturated heterocycles. The highest BCUT2D eigenvalue weighted by Crippen LogP contribution is 2.21. The predicted octanol–water partition coefficient (Wildman–Crippen LogP) is 2.55. The number of ether oxygens (including phenoxy) is 1. The predicted molar refractivity (Wildman–Crippen MR) is 83.8 cm³/mol. The Bertz CT molecular complexity index is 508. The van der Waals surface area contributed by atoms with Gasteiger partial charge in [-0.2, -0.15) is 0 Å². The number of anilines is 1. The van der Waals surface area contributed by atoms with Crippen LogP contribution in [0.3, 0.4) is 0 Å². The van der Waals surface area contributed by atoms with E-state index in [1.54, 1.807) is 0 Å². The van der Waals surface area contributed by atoms with E-state index >= 15 is 0 Å². The summed E-state index contributed by atoms with van der Waals surface area (Å²) in [6.07, 6.45) is 0.848. The number of nitrogens with zero attached hydrogens (tertiary/aromatic N) is 1. The molecule has 2 N–H and O–H groups in total. The van der Waals surface area contributed by atoms with E-state index in [0.29, 0.717) is 18.8 Å². The zero-order valence-corrected chi connectivity index (χ0v) is 13.3. The van der Waals surface area contributed by atoms with Gasteiger partial charge in [0.15, 0.2) is 0 Å². The minimum absolute atomic E-state index is 0.0635. The molecule has 0 aliphatic carbocycles. The number of amides is 1. The zero-order chi connectivity index (χ0) is 15.5. The highest BCUT2D eigenvalue weighted by molar-refractivity contribution is 5.95. The lowest BCUT2D eigenvalue weighted by Crippen LogP contribution is -2.46. The summed E-state index contributed by atoms with van der Waals surface area (Å²) in [6.45, 7) is 10.2. The van der Waals surface area contributed by atoms with Crippen LogP contribution in [-0.4, -0.2) is 36.2 Å². The van der Waals surface area contributed by atoms with Crippen LogP contribution in [0.2, 0.25) is 0 Å². The van der Waals surface area contributed by atoms with Crippen molar-refractivity contribution in [1.29, 1.82) is 0 Å². The van der Waals surface area contributed by atoms with E-state index in [9.17, 15) is 4.79 Å². The van der Waals surface area contributed by atoms with Crippen LogP contribution < -0.4 is 10.6 Å². The topological polar surface area (TPSA) is 63.2 Å². The van der Waals surface area contributed by atoms with Crippen LogP contribution in [0.25, 0.3) is 0 Å². The van der Waals surface area contributed by atoms with E-state index in [-0.39, 0.29) is 17.4 Å². The molecule has 1 aromatic heterocycles. The molecule has 5 heteroatoms. The maximum Gasteiger partial charge on any atom is 0.251 e. The van der Waals surface area contributed by atoms with Gasteiger partial charge in [-0.05, 0) is 38.3 Å². The number of hydrogen-bond donors (Lipinski definition) is 2. The molecule has 21 heavy (non-hydrogen) atoms. The number of carbonyl (C=O) groups is 1. The Morgan fingerprint density at radius 1 is 1.48 bits per heavy atom. The van der Waals surface area contributed by atoms with Gasteiger partial charge < -0.3 is 15.4 Å². The summed E-state index contributed by atoms with van der Waals surface area (Å²) in [7, 11) is 0. The van der Waals surface area contributed by atoms with Gasteiger partial charge in [0, 0.05) is 24.4 Å². The number of aromatic nitrogens is 1. The Kier molecular flexibility index (Phi) is 4.83. The summed E-state index contributed by atoms with van der Waals surface area (Å²) >= 11 is 0. The van der Waals surface area contributed by atoms with Crippen molar-refractivity contribution in [2.75, 3.05) is 25.1 Å². The van der Waals surface area contributed by atoms with E-state index in [1.807, 2.05) is 26.0 Å². The molecule has 1 fully saturated rings. The maximum absolute atomic E-state index is 12.5. The van der Waals surface area contributed by atoms with E-state index in [1.165, 1.54) is 0 Å². The Hall–Kier alpha value is -1.62. The molecule has 1 atom stereocenters. The number of carbonyl (C=O) groups excluding carboxylic acids is 1. The molecule has 5 nitrogen and oxygen atoms in total. The smallest absolute Gasteiger partial charge is 0.251 e. The first-order valence-electron chi connectivity index (χ1n) is 7.59. The molecule has 2 heterocycles. The fourth-order valence-corrected chi connectivity index (χ4v) is 2.36. The van der Waals surface area contributed by atoms with E-state index in [2.05, 4.69) is 29.5 Å². The summed E-state index contributed by atoms with van der Waals surface area (Å²) in [4.78, 5) is 17.1. The fraction of sp³-hybridized carbons (Fsp3) is 0.625. The molecule has 0 radical (unpaired) electrons. The molecule has 0 saturated carbocycles. The molecule has 1 aliphatic heterocycles. The van der Waals surface area contributed by atoms with Crippen molar-refractivity contribution >= 4 is 11.7 Å². The lowest BCUT2D eigenvalue weighted by Gasteiger charge is -2.24. The molecule has 1 amide bonds. The number of nitrogens with one attached hydrogen (secondary N) is 2. The second kappa shape index (κ2) is 6.43. The normalized spacial score (nSPS) is 21.6. The van der Waals surface area contributed by atoms with Gasteiger partial charge in [0.05, 0.1) is 12.1 Å². The second-order valence-corrected chi connectivity index (χ2v) is 6.17. The molecule has 0 spiro atoms. The van der Waals surface area contributed by atoms with Gasteiger partial charge in [0.1, 0.15) is 5.82 Å². The standard InChI is InChI=1S/C16H25N3O2/c1-5-17-14-9-12(8-13(18-14)11(2)3)15(20)19-16(4)6-7-21-10-16/h8-9,11H,5-7,10H2,1-4H3,(H,17,18)(H,19,20). The van der Waals surface area contributed by atoms with Gasteiger partial charge >= 0.3 is 0 Å².